The smallest absolute Gasteiger partial charge is 0.405 e. The van der Waals surface area contributed by atoms with E-state index in [1.807, 2.05) is 18.2 Å². The van der Waals surface area contributed by atoms with Gasteiger partial charge in [-0.25, -0.2) is 9.78 Å². The molecule has 3 aromatic rings. The van der Waals surface area contributed by atoms with Crippen molar-refractivity contribution in [1.29, 1.82) is 0 Å². The summed E-state index contributed by atoms with van der Waals surface area (Å²) in [7, 11) is 1.69. The lowest BCUT2D eigenvalue weighted by molar-refractivity contribution is -0.118. The lowest BCUT2D eigenvalue weighted by atomic mass is 10.1. The Bertz CT molecular complexity index is 1020. The van der Waals surface area contributed by atoms with E-state index < -0.39 is 18.6 Å². The van der Waals surface area contributed by atoms with Crippen molar-refractivity contribution in [3.63, 3.8) is 0 Å². The monoisotopic (exact) mass is 358 g/mol. The number of pyridine rings is 1. The average molecular weight is 358 g/mol. The summed E-state index contributed by atoms with van der Waals surface area (Å²) >= 11 is 1.22. The van der Waals surface area contributed by atoms with Gasteiger partial charge in [-0.3, -0.25) is 14.9 Å². The molecule has 0 aliphatic heterocycles. The summed E-state index contributed by atoms with van der Waals surface area (Å²) in [6.45, 7) is -0.476. The van der Waals surface area contributed by atoms with Gasteiger partial charge >= 0.3 is 6.09 Å². The van der Waals surface area contributed by atoms with Gasteiger partial charge in [-0.05, 0) is 17.5 Å². The Kier molecular flexibility index (Phi) is 4.48. The van der Waals surface area contributed by atoms with Crippen molar-refractivity contribution >= 4 is 39.2 Å². The van der Waals surface area contributed by atoms with Crippen molar-refractivity contribution in [2.24, 2.45) is 12.8 Å². The van der Waals surface area contributed by atoms with Crippen LogP contribution in [0.2, 0.25) is 0 Å². The maximum atomic E-state index is 12.2. The average Bonchev–Trinajstić information content (AvgIpc) is 3.04. The van der Waals surface area contributed by atoms with Gasteiger partial charge in [0.05, 0.1) is 5.69 Å². The number of rotatable bonds is 4. The van der Waals surface area contributed by atoms with Gasteiger partial charge in [-0.1, -0.05) is 12.1 Å². The normalized spacial score (nSPS) is 10.6. The van der Waals surface area contributed by atoms with E-state index in [2.05, 4.69) is 15.0 Å². The fourth-order valence-corrected chi connectivity index (χ4v) is 2.99. The van der Waals surface area contributed by atoms with E-state index in [1.165, 1.54) is 15.9 Å². The third kappa shape index (κ3) is 3.66. The number of primary amides is 1. The van der Waals surface area contributed by atoms with Gasteiger partial charge in [-0.2, -0.15) is 0 Å². The molecule has 0 atom stereocenters. The van der Waals surface area contributed by atoms with Crippen LogP contribution in [0.5, 0.6) is 0 Å². The van der Waals surface area contributed by atoms with Gasteiger partial charge in [0.1, 0.15) is 0 Å². The van der Waals surface area contributed by atoms with Crippen LogP contribution in [0.25, 0.3) is 22.0 Å². The van der Waals surface area contributed by atoms with Gasteiger partial charge in [0.25, 0.3) is 11.5 Å². The molecule has 0 saturated carbocycles. The molecule has 0 bridgehead atoms. The molecule has 25 heavy (non-hydrogen) atoms. The van der Waals surface area contributed by atoms with E-state index in [4.69, 9.17) is 5.73 Å². The molecule has 0 radical (unpaired) electrons. The fourth-order valence-electron chi connectivity index (χ4n) is 2.25. The Morgan fingerprint density at radius 2 is 2.16 bits per heavy atom. The largest absolute Gasteiger partial charge is 0.440 e. The minimum atomic E-state index is -1.02. The Labute approximate surface area is 145 Å². The number of carbonyl (C=O) groups excluding carboxylic acids is 2. The topological polar surface area (TPSA) is 116 Å². The van der Waals surface area contributed by atoms with Gasteiger partial charge in [0, 0.05) is 29.6 Å². The number of fused-ring (bicyclic) bond motifs is 1. The maximum Gasteiger partial charge on any atom is 0.405 e. The number of carbonyl (C=O) groups is 2. The number of nitrogens with zero attached hydrogens (tertiary/aromatic N) is 2. The minimum Gasteiger partial charge on any atom is -0.440 e. The summed E-state index contributed by atoms with van der Waals surface area (Å²) in [5, 5.41) is 6.07. The number of nitrogens with two attached hydrogens (primary N) is 1. The van der Waals surface area contributed by atoms with Crippen LogP contribution in [0.3, 0.4) is 0 Å². The first-order valence-corrected chi connectivity index (χ1v) is 8.09. The van der Waals surface area contributed by atoms with E-state index in [0.29, 0.717) is 16.2 Å². The second kappa shape index (κ2) is 6.73. The van der Waals surface area contributed by atoms with Gasteiger partial charge in [0.15, 0.2) is 11.7 Å². The lowest BCUT2D eigenvalue weighted by Crippen LogP contribution is -2.23. The third-order valence-corrected chi connectivity index (χ3v) is 4.23. The van der Waals surface area contributed by atoms with Crippen LogP contribution in [0.4, 0.5) is 9.93 Å². The number of hydrogen-bond donors (Lipinski definition) is 2. The van der Waals surface area contributed by atoms with E-state index in [-0.39, 0.29) is 5.56 Å². The zero-order valence-corrected chi connectivity index (χ0v) is 14.0. The van der Waals surface area contributed by atoms with Crippen LogP contribution < -0.4 is 16.6 Å². The SMILES string of the molecule is Cn1ccc2ccc(-c3csc(NC(=O)COC(N)=O)n3)cc2c1=O. The van der Waals surface area contributed by atoms with Crippen LogP contribution in [0.15, 0.2) is 40.6 Å². The second-order valence-electron chi connectivity index (χ2n) is 5.23. The lowest BCUT2D eigenvalue weighted by Gasteiger charge is -2.03. The van der Waals surface area contributed by atoms with Gasteiger partial charge < -0.3 is 15.0 Å². The van der Waals surface area contributed by atoms with Gasteiger partial charge in [-0.15, -0.1) is 11.3 Å². The molecular formula is C16H14N4O4S. The summed E-state index contributed by atoms with van der Waals surface area (Å²) in [5.41, 5.74) is 6.10. The quantitative estimate of drug-likeness (QED) is 0.736. The Balaban J connectivity index is 1.83. The molecule has 0 unspecified atom stereocenters. The fraction of sp³-hybridized carbons (Fsp3) is 0.125. The zero-order valence-electron chi connectivity index (χ0n) is 13.2. The van der Waals surface area contributed by atoms with Crippen molar-refractivity contribution in [3.05, 3.63) is 46.2 Å². The number of ether oxygens (including phenoxy) is 1. The highest BCUT2D eigenvalue weighted by Crippen LogP contribution is 2.26. The molecule has 2 heterocycles. The molecule has 0 aliphatic carbocycles. The molecule has 3 rings (SSSR count). The van der Waals surface area contributed by atoms with E-state index in [1.54, 1.807) is 24.7 Å². The highest BCUT2D eigenvalue weighted by molar-refractivity contribution is 7.14. The van der Waals surface area contributed by atoms with Crippen molar-refractivity contribution in [2.45, 2.75) is 0 Å². The summed E-state index contributed by atoms with van der Waals surface area (Å²) in [6.07, 6.45) is 0.697. The molecule has 2 aromatic heterocycles. The van der Waals surface area contributed by atoms with Crippen molar-refractivity contribution < 1.29 is 14.3 Å². The standard InChI is InChI=1S/C16H14N4O4S/c1-20-5-4-9-2-3-10(6-11(9)14(20)22)12-8-25-16(18-12)19-13(21)7-24-15(17)23/h2-6,8H,7H2,1H3,(H2,17,23)(H,18,19,21). The van der Waals surface area contributed by atoms with E-state index in [9.17, 15) is 14.4 Å². The van der Waals surface area contributed by atoms with Crippen molar-refractivity contribution in [3.8, 4) is 11.3 Å². The molecule has 3 N–H and O–H groups in total. The number of hydrogen-bond acceptors (Lipinski definition) is 6. The molecule has 0 fully saturated rings. The summed E-state index contributed by atoms with van der Waals surface area (Å²) in [5.74, 6) is -0.535. The number of nitrogens with one attached hydrogen (secondary N) is 1. The van der Waals surface area contributed by atoms with Crippen LogP contribution in [-0.4, -0.2) is 28.2 Å². The molecular weight excluding hydrogens is 344 g/mol. The second-order valence-corrected chi connectivity index (χ2v) is 6.09. The number of benzene rings is 1. The highest BCUT2D eigenvalue weighted by Gasteiger charge is 2.10. The molecule has 128 valence electrons. The molecule has 0 aliphatic rings. The highest BCUT2D eigenvalue weighted by atomic mass is 32.1. The van der Waals surface area contributed by atoms with Crippen LogP contribution in [-0.2, 0) is 16.6 Å². The first-order chi connectivity index (χ1) is 11.9. The third-order valence-electron chi connectivity index (χ3n) is 3.47. The van der Waals surface area contributed by atoms with Gasteiger partial charge in [0.2, 0.25) is 0 Å². The number of anilines is 1. The Morgan fingerprint density at radius 3 is 2.92 bits per heavy atom. The predicted molar refractivity (Wildman–Crippen MR) is 94.5 cm³/mol. The van der Waals surface area contributed by atoms with Crippen molar-refractivity contribution in [2.75, 3.05) is 11.9 Å². The van der Waals surface area contributed by atoms with E-state index in [0.717, 1.165) is 10.9 Å². The summed E-state index contributed by atoms with van der Waals surface area (Å²) in [4.78, 5) is 38.6. The number of aromatic nitrogens is 2. The summed E-state index contributed by atoms with van der Waals surface area (Å²) in [6, 6.07) is 7.35. The Hall–Kier alpha value is -3.20. The maximum absolute atomic E-state index is 12.2. The van der Waals surface area contributed by atoms with Crippen molar-refractivity contribution in [1.82, 2.24) is 9.55 Å². The molecule has 8 nitrogen and oxygen atoms in total. The summed E-state index contributed by atoms with van der Waals surface area (Å²) < 4.78 is 5.92. The predicted octanol–water partition coefficient (Wildman–Crippen LogP) is 1.70. The molecule has 9 heteroatoms. The molecule has 1 aromatic carbocycles. The molecule has 2 amide bonds. The zero-order chi connectivity index (χ0) is 18.0. The molecule has 0 saturated heterocycles. The number of aryl methyl sites for hydroxylation is 1. The first kappa shape index (κ1) is 16.7. The first-order valence-electron chi connectivity index (χ1n) is 7.21. The van der Waals surface area contributed by atoms with Crippen LogP contribution in [0, 0.1) is 0 Å². The van der Waals surface area contributed by atoms with E-state index >= 15 is 0 Å². The Morgan fingerprint density at radius 1 is 1.36 bits per heavy atom. The van der Waals surface area contributed by atoms with Crippen LogP contribution in [0.1, 0.15) is 0 Å². The number of thiazole rings is 1. The molecule has 0 spiro atoms. The van der Waals surface area contributed by atoms with Crippen LogP contribution >= 0.6 is 11.3 Å². The minimum absolute atomic E-state index is 0.0910. The number of amides is 2.